The lowest BCUT2D eigenvalue weighted by molar-refractivity contribution is -0.133. The van der Waals surface area contributed by atoms with Gasteiger partial charge in [0.1, 0.15) is 0 Å². The van der Waals surface area contributed by atoms with E-state index in [2.05, 4.69) is 15.1 Å². The molecular weight excluding hydrogens is 430 g/mol. The summed E-state index contributed by atoms with van der Waals surface area (Å²) in [6.07, 6.45) is 2.68. The number of carbonyl (C=O) groups excluding carboxylic acids is 2. The minimum atomic E-state index is -3.01. The van der Waals surface area contributed by atoms with Crippen molar-refractivity contribution in [3.63, 3.8) is 0 Å². The van der Waals surface area contributed by atoms with Crippen LogP contribution in [0.25, 0.3) is 0 Å². The van der Waals surface area contributed by atoms with Crippen LogP contribution < -0.4 is 0 Å². The normalized spacial score (nSPS) is 24.5. The standard InChI is InChI=1S/C18H27N5O5S2/c24-15(22-4-1-2-5-22)11-21-6-8-23(9-7-21)16(25)12-29-18-20-19-17(28-18)14-3-10-30(26,27)13-14/h14H,1-13H2/t14-/m0/s1. The summed E-state index contributed by atoms with van der Waals surface area (Å²) in [7, 11) is -3.01. The van der Waals surface area contributed by atoms with E-state index in [4.69, 9.17) is 4.42 Å². The van der Waals surface area contributed by atoms with Gasteiger partial charge in [-0.25, -0.2) is 8.42 Å². The van der Waals surface area contributed by atoms with Gasteiger partial charge in [-0.1, -0.05) is 11.8 Å². The molecule has 0 N–H and O–H groups in total. The highest BCUT2D eigenvalue weighted by atomic mass is 32.2. The molecule has 1 aromatic heterocycles. The Balaban J connectivity index is 1.19. The fraction of sp³-hybridized carbons (Fsp3) is 0.778. The molecule has 10 nitrogen and oxygen atoms in total. The van der Waals surface area contributed by atoms with Crippen molar-refractivity contribution in [2.45, 2.75) is 30.4 Å². The van der Waals surface area contributed by atoms with E-state index in [0.29, 0.717) is 45.0 Å². The van der Waals surface area contributed by atoms with Crippen LogP contribution in [0.4, 0.5) is 0 Å². The van der Waals surface area contributed by atoms with Gasteiger partial charge in [0, 0.05) is 39.3 Å². The average molecular weight is 458 g/mol. The Morgan fingerprint density at radius 2 is 1.70 bits per heavy atom. The van der Waals surface area contributed by atoms with Crippen LogP contribution >= 0.6 is 11.8 Å². The second-order valence-corrected chi connectivity index (χ2v) is 11.2. The molecular formula is C18H27N5O5S2. The smallest absolute Gasteiger partial charge is 0.277 e. The minimum absolute atomic E-state index is 0.00582. The van der Waals surface area contributed by atoms with Gasteiger partial charge < -0.3 is 14.2 Å². The Kier molecular flexibility index (Phi) is 6.63. The first kappa shape index (κ1) is 21.6. The largest absolute Gasteiger partial charge is 0.416 e. The summed E-state index contributed by atoms with van der Waals surface area (Å²) in [6, 6.07) is 0. The predicted molar refractivity (Wildman–Crippen MR) is 110 cm³/mol. The maximum Gasteiger partial charge on any atom is 0.277 e. The van der Waals surface area contributed by atoms with E-state index in [1.807, 2.05) is 4.90 Å². The summed E-state index contributed by atoms with van der Waals surface area (Å²) in [5.74, 6) is 0.654. The van der Waals surface area contributed by atoms with E-state index in [1.54, 1.807) is 4.90 Å². The number of rotatable bonds is 6. The summed E-state index contributed by atoms with van der Waals surface area (Å²) in [5.41, 5.74) is 0. The van der Waals surface area contributed by atoms with Gasteiger partial charge in [-0.15, -0.1) is 10.2 Å². The average Bonchev–Trinajstić information content (AvgIpc) is 3.47. The number of sulfone groups is 1. The molecule has 166 valence electrons. The molecule has 0 saturated carbocycles. The van der Waals surface area contributed by atoms with Gasteiger partial charge in [0.05, 0.1) is 29.7 Å². The molecule has 0 bridgehead atoms. The number of carbonyl (C=O) groups is 2. The molecule has 30 heavy (non-hydrogen) atoms. The molecule has 1 aromatic rings. The van der Waals surface area contributed by atoms with E-state index >= 15 is 0 Å². The molecule has 12 heteroatoms. The summed E-state index contributed by atoms with van der Waals surface area (Å²) < 4.78 is 28.7. The molecule has 3 aliphatic heterocycles. The number of likely N-dealkylation sites (tertiary alicyclic amines) is 1. The quantitative estimate of drug-likeness (QED) is 0.537. The van der Waals surface area contributed by atoms with Gasteiger partial charge in [-0.05, 0) is 19.3 Å². The first-order chi connectivity index (χ1) is 14.4. The number of nitrogens with zero attached hydrogens (tertiary/aromatic N) is 5. The van der Waals surface area contributed by atoms with Crippen LogP contribution in [0.5, 0.6) is 0 Å². The van der Waals surface area contributed by atoms with Gasteiger partial charge in [0.2, 0.25) is 17.7 Å². The number of aromatic nitrogens is 2. The molecule has 0 radical (unpaired) electrons. The van der Waals surface area contributed by atoms with Crippen LogP contribution in [-0.2, 0) is 19.4 Å². The van der Waals surface area contributed by atoms with Crippen LogP contribution in [0, 0.1) is 0 Å². The highest BCUT2D eigenvalue weighted by Crippen LogP contribution is 2.29. The number of hydrogen-bond acceptors (Lipinski definition) is 9. The van der Waals surface area contributed by atoms with E-state index in [9.17, 15) is 18.0 Å². The number of hydrogen-bond donors (Lipinski definition) is 0. The van der Waals surface area contributed by atoms with Gasteiger partial charge in [-0.2, -0.15) is 0 Å². The summed E-state index contributed by atoms with van der Waals surface area (Å²) in [5, 5.41) is 8.18. The molecule has 3 fully saturated rings. The van der Waals surface area contributed by atoms with Crippen LogP contribution in [-0.4, -0.2) is 108 Å². The van der Waals surface area contributed by atoms with Crippen LogP contribution in [0.15, 0.2) is 9.64 Å². The summed E-state index contributed by atoms with van der Waals surface area (Å²) in [4.78, 5) is 30.6. The lowest BCUT2D eigenvalue weighted by atomic mass is 10.1. The Morgan fingerprint density at radius 3 is 2.37 bits per heavy atom. The number of thioether (sulfide) groups is 1. The topological polar surface area (TPSA) is 117 Å². The molecule has 3 aliphatic rings. The fourth-order valence-corrected chi connectivity index (χ4v) is 6.47. The van der Waals surface area contributed by atoms with Crippen molar-refractivity contribution >= 4 is 33.4 Å². The van der Waals surface area contributed by atoms with Crippen LogP contribution in [0.3, 0.4) is 0 Å². The van der Waals surface area contributed by atoms with Gasteiger partial charge >= 0.3 is 0 Å². The van der Waals surface area contributed by atoms with E-state index in [0.717, 1.165) is 25.9 Å². The Morgan fingerprint density at radius 1 is 1.00 bits per heavy atom. The van der Waals surface area contributed by atoms with Crippen molar-refractivity contribution in [1.82, 2.24) is 24.9 Å². The van der Waals surface area contributed by atoms with Crippen molar-refractivity contribution in [1.29, 1.82) is 0 Å². The number of piperazine rings is 1. The first-order valence-corrected chi connectivity index (χ1v) is 13.1. The third kappa shape index (κ3) is 5.33. The maximum atomic E-state index is 12.5. The zero-order chi connectivity index (χ0) is 21.1. The molecule has 1 atom stereocenters. The molecule has 0 spiro atoms. The van der Waals surface area contributed by atoms with E-state index < -0.39 is 9.84 Å². The third-order valence-corrected chi connectivity index (χ3v) is 8.44. The SMILES string of the molecule is O=C(CSc1nnc([C@H]2CCS(=O)(=O)C2)o1)N1CCN(CC(=O)N2CCCC2)CC1. The highest BCUT2D eigenvalue weighted by Gasteiger charge is 2.33. The second-order valence-electron chi connectivity index (χ2n) is 8.04. The zero-order valence-electron chi connectivity index (χ0n) is 16.9. The summed E-state index contributed by atoms with van der Waals surface area (Å²) >= 11 is 1.17. The molecule has 2 amide bonds. The van der Waals surface area contributed by atoms with E-state index in [1.165, 1.54) is 11.8 Å². The number of amides is 2. The van der Waals surface area contributed by atoms with E-state index in [-0.39, 0.29) is 40.2 Å². The highest BCUT2D eigenvalue weighted by molar-refractivity contribution is 7.99. The fourth-order valence-electron chi connectivity index (χ4n) is 4.06. The molecule has 0 unspecified atom stereocenters. The van der Waals surface area contributed by atoms with Gasteiger partial charge in [0.25, 0.3) is 5.22 Å². The summed E-state index contributed by atoms with van der Waals surface area (Å²) in [6.45, 7) is 4.74. The van der Waals surface area contributed by atoms with Crippen LogP contribution in [0.2, 0.25) is 0 Å². The maximum absolute atomic E-state index is 12.5. The Hall–Kier alpha value is -1.66. The van der Waals surface area contributed by atoms with Gasteiger partial charge in [0.15, 0.2) is 9.84 Å². The molecule has 3 saturated heterocycles. The first-order valence-electron chi connectivity index (χ1n) is 10.3. The van der Waals surface area contributed by atoms with Crippen molar-refractivity contribution in [2.75, 3.05) is 63.1 Å². The molecule has 4 rings (SSSR count). The predicted octanol–water partition coefficient (Wildman–Crippen LogP) is -0.170. The van der Waals surface area contributed by atoms with Crippen molar-refractivity contribution < 1.29 is 22.4 Å². The monoisotopic (exact) mass is 457 g/mol. The van der Waals surface area contributed by atoms with Crippen LogP contribution in [0.1, 0.15) is 31.1 Å². The zero-order valence-corrected chi connectivity index (χ0v) is 18.5. The third-order valence-electron chi connectivity index (χ3n) is 5.87. The molecule has 0 aliphatic carbocycles. The Bertz CT molecular complexity index is 875. The second kappa shape index (κ2) is 9.23. The van der Waals surface area contributed by atoms with Crippen molar-refractivity contribution in [2.24, 2.45) is 0 Å². The van der Waals surface area contributed by atoms with Crippen molar-refractivity contribution in [3.8, 4) is 0 Å². The molecule has 4 heterocycles. The van der Waals surface area contributed by atoms with Crippen molar-refractivity contribution in [3.05, 3.63) is 5.89 Å². The lowest BCUT2D eigenvalue weighted by Crippen LogP contribution is -2.51. The molecule has 0 aromatic carbocycles. The Labute approximate surface area is 180 Å². The van der Waals surface area contributed by atoms with Gasteiger partial charge in [-0.3, -0.25) is 14.5 Å². The minimum Gasteiger partial charge on any atom is -0.416 e. The lowest BCUT2D eigenvalue weighted by Gasteiger charge is -2.34.